The number of amides is 1. The summed E-state index contributed by atoms with van der Waals surface area (Å²) in [6, 6.07) is 0. The van der Waals surface area contributed by atoms with E-state index in [1.807, 2.05) is 0 Å². The van der Waals surface area contributed by atoms with Gasteiger partial charge in [-0.05, 0) is 6.42 Å². The molecule has 15 heavy (non-hydrogen) atoms. The maximum Gasteiger partial charge on any atom is 0.222 e. The number of carbonyl (C=O) groups excluding carboxylic acids is 1. The first-order valence-electron chi connectivity index (χ1n) is 5.12. The highest BCUT2D eigenvalue weighted by atomic mass is 16.5. The van der Waals surface area contributed by atoms with Crippen molar-refractivity contribution < 1.29 is 19.4 Å². The van der Waals surface area contributed by atoms with Gasteiger partial charge in [0.15, 0.2) is 0 Å². The van der Waals surface area contributed by atoms with E-state index >= 15 is 0 Å². The molecular weight excluding hydrogens is 198 g/mol. The summed E-state index contributed by atoms with van der Waals surface area (Å²) >= 11 is 0. The van der Waals surface area contributed by atoms with Crippen molar-refractivity contribution in [3.8, 4) is 0 Å². The van der Waals surface area contributed by atoms with Crippen molar-refractivity contribution in [3.05, 3.63) is 0 Å². The summed E-state index contributed by atoms with van der Waals surface area (Å²) in [5.41, 5.74) is 0. The highest BCUT2D eigenvalue weighted by Crippen LogP contribution is 1.98. The van der Waals surface area contributed by atoms with Crippen molar-refractivity contribution in [1.29, 1.82) is 0 Å². The maximum absolute atomic E-state index is 11.6. The third-order valence-corrected chi connectivity index (χ3v) is 2.03. The summed E-state index contributed by atoms with van der Waals surface area (Å²) in [5.74, 6) is 0.0400. The van der Waals surface area contributed by atoms with Gasteiger partial charge < -0.3 is 19.5 Å². The van der Waals surface area contributed by atoms with Crippen LogP contribution in [0.4, 0.5) is 0 Å². The smallest absolute Gasteiger partial charge is 0.222 e. The summed E-state index contributed by atoms with van der Waals surface area (Å²) in [5, 5.41) is 8.80. The zero-order chi connectivity index (χ0) is 11.5. The number of ether oxygens (including phenoxy) is 2. The minimum absolute atomic E-state index is 0.0142. The van der Waals surface area contributed by atoms with Gasteiger partial charge in [-0.3, -0.25) is 4.79 Å². The standard InChI is InChI=1S/C10H21NO4/c1-14-8-3-4-10(13)11(5-7-12)6-9-15-2/h12H,3-9H2,1-2H3. The Morgan fingerprint density at radius 1 is 1.20 bits per heavy atom. The van der Waals surface area contributed by atoms with Crippen LogP contribution in [0.25, 0.3) is 0 Å². The van der Waals surface area contributed by atoms with E-state index < -0.39 is 0 Å². The van der Waals surface area contributed by atoms with Crippen molar-refractivity contribution in [2.45, 2.75) is 12.8 Å². The molecule has 0 bridgehead atoms. The Balaban J connectivity index is 3.81. The number of aliphatic hydroxyl groups is 1. The lowest BCUT2D eigenvalue weighted by atomic mass is 10.3. The maximum atomic E-state index is 11.6. The quantitative estimate of drug-likeness (QED) is 0.549. The van der Waals surface area contributed by atoms with Gasteiger partial charge in [0, 0.05) is 40.3 Å². The van der Waals surface area contributed by atoms with Crippen LogP contribution in [0.15, 0.2) is 0 Å². The summed E-state index contributed by atoms with van der Waals surface area (Å²) in [6.45, 7) is 1.97. The van der Waals surface area contributed by atoms with Crippen molar-refractivity contribution in [2.75, 3.05) is 47.1 Å². The van der Waals surface area contributed by atoms with Gasteiger partial charge in [0.25, 0.3) is 0 Å². The van der Waals surface area contributed by atoms with Crippen LogP contribution in [0.5, 0.6) is 0 Å². The minimum Gasteiger partial charge on any atom is -0.395 e. The SMILES string of the molecule is COCCCC(=O)N(CCO)CCOC. The number of hydrogen-bond acceptors (Lipinski definition) is 4. The van der Waals surface area contributed by atoms with Gasteiger partial charge >= 0.3 is 0 Å². The fourth-order valence-corrected chi connectivity index (χ4v) is 1.21. The molecule has 5 heteroatoms. The van der Waals surface area contributed by atoms with E-state index in [2.05, 4.69) is 0 Å². The molecule has 1 N–H and O–H groups in total. The van der Waals surface area contributed by atoms with E-state index in [0.717, 1.165) is 0 Å². The van der Waals surface area contributed by atoms with Gasteiger partial charge in [-0.25, -0.2) is 0 Å². The Kier molecular flexibility index (Phi) is 9.46. The average molecular weight is 219 g/mol. The zero-order valence-corrected chi connectivity index (χ0v) is 9.57. The van der Waals surface area contributed by atoms with Crippen LogP contribution < -0.4 is 0 Å². The highest BCUT2D eigenvalue weighted by Gasteiger charge is 2.11. The number of hydrogen-bond donors (Lipinski definition) is 1. The zero-order valence-electron chi connectivity index (χ0n) is 9.57. The van der Waals surface area contributed by atoms with Gasteiger partial charge in [-0.2, -0.15) is 0 Å². The summed E-state index contributed by atoms with van der Waals surface area (Å²) in [7, 11) is 3.20. The van der Waals surface area contributed by atoms with Gasteiger partial charge in [0.05, 0.1) is 13.2 Å². The molecule has 0 aromatic heterocycles. The molecule has 0 atom stereocenters. The largest absolute Gasteiger partial charge is 0.395 e. The molecule has 0 radical (unpaired) electrons. The van der Waals surface area contributed by atoms with E-state index in [1.54, 1.807) is 19.1 Å². The Bertz CT molecular complexity index is 164. The van der Waals surface area contributed by atoms with Gasteiger partial charge in [0.2, 0.25) is 5.91 Å². The fourth-order valence-electron chi connectivity index (χ4n) is 1.21. The first-order valence-corrected chi connectivity index (χ1v) is 5.12. The molecule has 0 aromatic rings. The molecule has 0 aromatic carbocycles. The highest BCUT2D eigenvalue weighted by molar-refractivity contribution is 5.76. The van der Waals surface area contributed by atoms with Crippen LogP contribution in [0.3, 0.4) is 0 Å². The van der Waals surface area contributed by atoms with Crippen LogP contribution >= 0.6 is 0 Å². The molecule has 0 unspecified atom stereocenters. The molecule has 0 rings (SSSR count). The van der Waals surface area contributed by atoms with Crippen LogP contribution in [-0.4, -0.2) is 63.0 Å². The van der Waals surface area contributed by atoms with Crippen LogP contribution in [-0.2, 0) is 14.3 Å². The lowest BCUT2D eigenvalue weighted by Gasteiger charge is -2.21. The van der Waals surface area contributed by atoms with E-state index in [4.69, 9.17) is 14.6 Å². The molecular formula is C10H21NO4. The lowest BCUT2D eigenvalue weighted by molar-refractivity contribution is -0.132. The molecule has 90 valence electrons. The number of nitrogens with zero attached hydrogens (tertiary/aromatic N) is 1. The van der Waals surface area contributed by atoms with Crippen molar-refractivity contribution in [2.24, 2.45) is 0 Å². The number of carbonyl (C=O) groups is 1. The molecule has 1 amide bonds. The molecule has 0 saturated heterocycles. The molecule has 0 aliphatic carbocycles. The van der Waals surface area contributed by atoms with Crippen LogP contribution in [0.2, 0.25) is 0 Å². The number of rotatable bonds is 9. The predicted octanol–water partition coefficient (Wildman–Crippen LogP) is -0.120. The molecule has 0 fully saturated rings. The second-order valence-corrected chi connectivity index (χ2v) is 3.19. The number of aliphatic hydroxyl groups excluding tert-OH is 1. The van der Waals surface area contributed by atoms with Crippen molar-refractivity contribution >= 4 is 5.91 Å². The van der Waals surface area contributed by atoms with Gasteiger partial charge in [0.1, 0.15) is 0 Å². The Hall–Kier alpha value is -0.650. The molecule has 0 aliphatic heterocycles. The molecule has 0 saturated carbocycles. The Morgan fingerprint density at radius 2 is 1.87 bits per heavy atom. The van der Waals surface area contributed by atoms with Crippen molar-refractivity contribution in [1.82, 2.24) is 4.90 Å². The van der Waals surface area contributed by atoms with Crippen molar-refractivity contribution in [3.63, 3.8) is 0 Å². The van der Waals surface area contributed by atoms with E-state index in [0.29, 0.717) is 39.1 Å². The second-order valence-electron chi connectivity index (χ2n) is 3.19. The molecule has 5 nitrogen and oxygen atoms in total. The van der Waals surface area contributed by atoms with Gasteiger partial charge in [-0.1, -0.05) is 0 Å². The summed E-state index contributed by atoms with van der Waals surface area (Å²) < 4.78 is 9.76. The van der Waals surface area contributed by atoms with Crippen LogP contribution in [0.1, 0.15) is 12.8 Å². The monoisotopic (exact) mass is 219 g/mol. The van der Waals surface area contributed by atoms with E-state index in [9.17, 15) is 4.79 Å². The lowest BCUT2D eigenvalue weighted by Crippen LogP contribution is -2.36. The molecule has 0 heterocycles. The topological polar surface area (TPSA) is 59.0 Å². The van der Waals surface area contributed by atoms with E-state index in [1.165, 1.54) is 0 Å². The third kappa shape index (κ3) is 7.30. The average Bonchev–Trinajstić information content (AvgIpc) is 2.24. The third-order valence-electron chi connectivity index (χ3n) is 2.03. The number of methoxy groups -OCH3 is 2. The first kappa shape index (κ1) is 14.3. The second kappa shape index (κ2) is 9.89. The normalized spacial score (nSPS) is 10.3. The first-order chi connectivity index (χ1) is 7.26. The predicted molar refractivity (Wildman–Crippen MR) is 56.7 cm³/mol. The molecule has 0 aliphatic rings. The van der Waals surface area contributed by atoms with Crippen LogP contribution in [0, 0.1) is 0 Å². The summed E-state index contributed by atoms with van der Waals surface area (Å²) in [4.78, 5) is 13.2. The minimum atomic E-state index is -0.0142. The Morgan fingerprint density at radius 3 is 2.40 bits per heavy atom. The van der Waals surface area contributed by atoms with Gasteiger partial charge in [-0.15, -0.1) is 0 Å². The molecule has 0 spiro atoms. The Labute approximate surface area is 91.0 Å². The fraction of sp³-hybridized carbons (Fsp3) is 0.900. The van der Waals surface area contributed by atoms with E-state index in [-0.39, 0.29) is 12.5 Å². The summed E-state index contributed by atoms with van der Waals surface area (Å²) in [6.07, 6.45) is 1.17.